The van der Waals surface area contributed by atoms with Crippen molar-refractivity contribution in [1.82, 2.24) is 14.9 Å². The number of nitrogens with zero attached hydrogens (tertiary/aromatic N) is 3. The number of urea groups is 1. The maximum Gasteiger partial charge on any atom is 0.319 e. The molecule has 0 spiro atoms. The van der Waals surface area contributed by atoms with Crippen LogP contribution >= 0.6 is 0 Å². The third-order valence-corrected chi connectivity index (χ3v) is 5.91. The predicted octanol–water partition coefficient (Wildman–Crippen LogP) is 3.82. The fourth-order valence-corrected chi connectivity index (χ4v) is 4.23. The second-order valence-corrected chi connectivity index (χ2v) is 8.15. The Morgan fingerprint density at radius 2 is 1.87 bits per heavy atom. The summed E-state index contributed by atoms with van der Waals surface area (Å²) in [4.78, 5) is 32.2. The van der Waals surface area contributed by atoms with E-state index in [4.69, 9.17) is 0 Å². The molecule has 1 aromatic heterocycles. The van der Waals surface area contributed by atoms with Gasteiger partial charge >= 0.3 is 6.03 Å². The molecule has 2 N–H and O–H groups in total. The summed E-state index contributed by atoms with van der Waals surface area (Å²) in [6, 6.07) is 13.6. The van der Waals surface area contributed by atoms with E-state index in [1.54, 1.807) is 4.57 Å². The van der Waals surface area contributed by atoms with Crippen molar-refractivity contribution in [2.45, 2.75) is 46.2 Å². The molecule has 0 bridgehead atoms. The van der Waals surface area contributed by atoms with Gasteiger partial charge in [0.1, 0.15) is 0 Å². The van der Waals surface area contributed by atoms with E-state index < -0.39 is 0 Å². The monoisotopic (exact) mass is 419 g/mol. The standard InChI is InChI=1S/C24H29N5O2/c1-4-29-21-8-6-5-7-20(21)26-22(23(29)30)28-13-11-18(12-14-28)25-24(31)27-19-10-9-16(2)15-17(19)3/h5-10,15,18H,4,11-14H2,1-3H3,(H2,25,27,31). The lowest BCUT2D eigenvalue weighted by atomic mass is 10.1. The number of amides is 2. The Hall–Kier alpha value is -3.35. The topological polar surface area (TPSA) is 79.3 Å². The second-order valence-electron chi connectivity index (χ2n) is 8.15. The highest BCUT2D eigenvalue weighted by atomic mass is 16.2. The van der Waals surface area contributed by atoms with Crippen LogP contribution in [0.3, 0.4) is 0 Å². The van der Waals surface area contributed by atoms with Gasteiger partial charge < -0.3 is 20.1 Å². The highest BCUT2D eigenvalue weighted by Crippen LogP contribution is 2.20. The molecule has 7 nitrogen and oxygen atoms in total. The molecule has 4 rings (SSSR count). The molecule has 2 aromatic carbocycles. The molecule has 2 amide bonds. The smallest absolute Gasteiger partial charge is 0.319 e. The maximum atomic E-state index is 13.0. The molecule has 162 valence electrons. The summed E-state index contributed by atoms with van der Waals surface area (Å²) >= 11 is 0. The summed E-state index contributed by atoms with van der Waals surface area (Å²) in [7, 11) is 0. The van der Waals surface area contributed by atoms with Gasteiger partial charge in [0, 0.05) is 31.4 Å². The summed E-state index contributed by atoms with van der Waals surface area (Å²) in [5.41, 5.74) is 4.66. The number of carbonyl (C=O) groups is 1. The van der Waals surface area contributed by atoms with Gasteiger partial charge in [0.2, 0.25) is 0 Å². The first-order valence-corrected chi connectivity index (χ1v) is 10.9. The van der Waals surface area contributed by atoms with Crippen molar-refractivity contribution in [2.24, 2.45) is 0 Å². The number of aromatic nitrogens is 2. The second kappa shape index (κ2) is 8.79. The zero-order valence-electron chi connectivity index (χ0n) is 18.3. The molecule has 0 aliphatic carbocycles. The first kappa shape index (κ1) is 20.9. The largest absolute Gasteiger partial charge is 0.352 e. The molecule has 0 radical (unpaired) electrons. The van der Waals surface area contributed by atoms with Gasteiger partial charge in [0.25, 0.3) is 5.56 Å². The molecule has 0 unspecified atom stereocenters. The third-order valence-electron chi connectivity index (χ3n) is 5.91. The summed E-state index contributed by atoms with van der Waals surface area (Å²) in [6.45, 7) is 7.95. The number of rotatable bonds is 4. The number of carbonyl (C=O) groups excluding carboxylic acids is 1. The average Bonchev–Trinajstić information content (AvgIpc) is 2.76. The van der Waals surface area contributed by atoms with Gasteiger partial charge in [-0.1, -0.05) is 29.8 Å². The van der Waals surface area contributed by atoms with E-state index in [1.165, 1.54) is 5.56 Å². The first-order valence-electron chi connectivity index (χ1n) is 10.9. The number of piperidine rings is 1. The number of para-hydroxylation sites is 2. The molecule has 31 heavy (non-hydrogen) atoms. The van der Waals surface area contributed by atoms with Crippen molar-refractivity contribution in [2.75, 3.05) is 23.3 Å². The van der Waals surface area contributed by atoms with E-state index in [2.05, 4.69) is 15.6 Å². The van der Waals surface area contributed by atoms with Crippen LogP contribution in [0.25, 0.3) is 11.0 Å². The summed E-state index contributed by atoms with van der Waals surface area (Å²) < 4.78 is 1.78. The first-order chi connectivity index (χ1) is 15.0. The van der Waals surface area contributed by atoms with Crippen molar-refractivity contribution < 1.29 is 4.79 Å². The highest BCUT2D eigenvalue weighted by Gasteiger charge is 2.24. The number of hydrogen-bond donors (Lipinski definition) is 2. The van der Waals surface area contributed by atoms with E-state index in [0.29, 0.717) is 25.5 Å². The van der Waals surface area contributed by atoms with Crippen molar-refractivity contribution in [3.63, 3.8) is 0 Å². The number of anilines is 2. The molecule has 0 atom stereocenters. The SMILES string of the molecule is CCn1c(=O)c(N2CCC(NC(=O)Nc3ccc(C)cc3C)CC2)nc2ccccc21. The quantitative estimate of drug-likeness (QED) is 0.674. The summed E-state index contributed by atoms with van der Waals surface area (Å²) in [5.74, 6) is 0.499. The van der Waals surface area contributed by atoms with Crippen molar-refractivity contribution >= 4 is 28.6 Å². The van der Waals surface area contributed by atoms with Crippen molar-refractivity contribution in [3.05, 3.63) is 63.9 Å². The van der Waals surface area contributed by atoms with Crippen LogP contribution in [0, 0.1) is 13.8 Å². The van der Waals surface area contributed by atoms with Gasteiger partial charge in [0.05, 0.1) is 11.0 Å². The fraction of sp³-hybridized carbons (Fsp3) is 0.375. The Kier molecular flexibility index (Phi) is 5.93. The van der Waals surface area contributed by atoms with E-state index in [9.17, 15) is 9.59 Å². The number of benzene rings is 2. The zero-order chi connectivity index (χ0) is 22.0. The molecule has 1 fully saturated rings. The fourth-order valence-electron chi connectivity index (χ4n) is 4.23. The van der Waals surface area contributed by atoms with Gasteiger partial charge in [-0.15, -0.1) is 0 Å². The van der Waals surface area contributed by atoms with E-state index in [-0.39, 0.29) is 17.6 Å². The van der Waals surface area contributed by atoms with Crippen LogP contribution in [0.15, 0.2) is 47.3 Å². The van der Waals surface area contributed by atoms with E-state index in [0.717, 1.165) is 35.1 Å². The lowest BCUT2D eigenvalue weighted by molar-refractivity contribution is 0.246. The minimum atomic E-state index is -0.192. The predicted molar refractivity (Wildman–Crippen MR) is 125 cm³/mol. The van der Waals surface area contributed by atoms with Gasteiger partial charge in [-0.05, 0) is 57.4 Å². The van der Waals surface area contributed by atoms with Gasteiger partial charge in [-0.3, -0.25) is 4.79 Å². The van der Waals surface area contributed by atoms with E-state index >= 15 is 0 Å². The number of aryl methyl sites for hydroxylation is 3. The Bertz CT molecular complexity index is 1160. The normalized spacial score (nSPS) is 14.6. The summed E-state index contributed by atoms with van der Waals surface area (Å²) in [5, 5.41) is 6.01. The molecule has 7 heteroatoms. The molecule has 3 aromatic rings. The van der Waals surface area contributed by atoms with Crippen LogP contribution in [0.2, 0.25) is 0 Å². The minimum Gasteiger partial charge on any atom is -0.352 e. The van der Waals surface area contributed by atoms with Crippen LogP contribution in [0.1, 0.15) is 30.9 Å². The van der Waals surface area contributed by atoms with Crippen molar-refractivity contribution in [1.29, 1.82) is 0 Å². The maximum absolute atomic E-state index is 13.0. The Labute approximate surface area is 182 Å². The van der Waals surface area contributed by atoms with Crippen LogP contribution < -0.4 is 21.1 Å². The summed E-state index contributed by atoms with van der Waals surface area (Å²) in [6.07, 6.45) is 1.53. The lowest BCUT2D eigenvalue weighted by Gasteiger charge is -2.33. The molecule has 1 aliphatic heterocycles. The molecular formula is C24H29N5O2. The molecule has 1 aliphatic rings. The number of hydrogen-bond acceptors (Lipinski definition) is 4. The average molecular weight is 420 g/mol. The minimum absolute atomic E-state index is 0.0554. The van der Waals surface area contributed by atoms with Crippen LogP contribution in [0.4, 0.5) is 16.3 Å². The van der Waals surface area contributed by atoms with E-state index in [1.807, 2.05) is 68.1 Å². The Morgan fingerprint density at radius 1 is 1.13 bits per heavy atom. The molecule has 0 saturated carbocycles. The highest BCUT2D eigenvalue weighted by molar-refractivity contribution is 5.90. The number of nitrogens with one attached hydrogen (secondary N) is 2. The zero-order valence-corrected chi connectivity index (χ0v) is 18.3. The van der Waals surface area contributed by atoms with Gasteiger partial charge in [-0.2, -0.15) is 0 Å². The molecule has 2 heterocycles. The van der Waals surface area contributed by atoms with Crippen LogP contribution in [0.5, 0.6) is 0 Å². The lowest BCUT2D eigenvalue weighted by Crippen LogP contribution is -2.47. The van der Waals surface area contributed by atoms with Crippen LogP contribution in [-0.2, 0) is 6.54 Å². The Morgan fingerprint density at radius 3 is 2.58 bits per heavy atom. The number of fused-ring (bicyclic) bond motifs is 1. The third kappa shape index (κ3) is 4.40. The molecule has 1 saturated heterocycles. The Balaban J connectivity index is 1.41. The van der Waals surface area contributed by atoms with Gasteiger partial charge in [0.15, 0.2) is 5.82 Å². The van der Waals surface area contributed by atoms with Crippen LogP contribution in [-0.4, -0.2) is 34.7 Å². The van der Waals surface area contributed by atoms with Crippen molar-refractivity contribution in [3.8, 4) is 0 Å². The van der Waals surface area contributed by atoms with Gasteiger partial charge in [-0.25, -0.2) is 9.78 Å². The molecular weight excluding hydrogens is 390 g/mol.